The van der Waals surface area contributed by atoms with Crippen LogP contribution in [0.1, 0.15) is 134 Å². The lowest BCUT2D eigenvalue weighted by Crippen LogP contribution is -2.34. The molecule has 0 radical (unpaired) electrons. The molecule has 0 aromatic heterocycles. The van der Waals surface area contributed by atoms with Gasteiger partial charge in [0.05, 0.1) is 22.9 Å². The van der Waals surface area contributed by atoms with E-state index in [1.54, 1.807) is 0 Å². The van der Waals surface area contributed by atoms with E-state index in [1.807, 2.05) is 18.5 Å². The van der Waals surface area contributed by atoms with E-state index in [0.717, 1.165) is 81.3 Å². The molecule has 70 heavy (non-hydrogen) atoms. The number of phenols is 2. The Labute approximate surface area is 416 Å². The maximum absolute atomic E-state index is 12.7. The lowest BCUT2D eigenvalue weighted by Gasteiger charge is -2.40. The van der Waals surface area contributed by atoms with Gasteiger partial charge in [0.1, 0.15) is 11.5 Å². The topological polar surface area (TPSA) is 65.2 Å². The predicted octanol–water partition coefficient (Wildman–Crippen LogP) is 15.3. The largest absolute Gasteiger partial charge is 0.507 e. The van der Waals surface area contributed by atoms with Crippen LogP contribution in [0.3, 0.4) is 0 Å². The molecule has 0 amide bonds. The number of phenolic OH excluding ortho intramolecular Hbond substituents is 2. The molecule has 352 valence electrons. The van der Waals surface area contributed by atoms with Gasteiger partial charge in [0, 0.05) is 34.7 Å². The van der Waals surface area contributed by atoms with Crippen molar-refractivity contribution in [3.05, 3.63) is 273 Å². The lowest BCUT2D eigenvalue weighted by atomic mass is 9.61. The molecular formula is C66H66N2O2. The van der Waals surface area contributed by atoms with E-state index in [9.17, 15) is 10.2 Å². The second kappa shape index (κ2) is 20.0. The molecule has 8 aromatic carbocycles. The Bertz CT molecular complexity index is 2870. The van der Waals surface area contributed by atoms with Crippen LogP contribution in [0, 0.1) is 0 Å². The Kier molecular flexibility index (Phi) is 13.6. The van der Waals surface area contributed by atoms with Gasteiger partial charge in [-0.3, -0.25) is 9.98 Å². The minimum atomic E-state index is -0.721. The van der Waals surface area contributed by atoms with Crippen molar-refractivity contribution in [1.29, 1.82) is 0 Å². The van der Waals surface area contributed by atoms with Crippen LogP contribution >= 0.6 is 0 Å². The van der Waals surface area contributed by atoms with Crippen LogP contribution in [0.5, 0.6) is 11.5 Å². The quantitative estimate of drug-likeness (QED) is 0.0947. The fraction of sp³-hybridized carbons (Fsp3) is 0.242. The molecule has 2 unspecified atom stereocenters. The van der Waals surface area contributed by atoms with Crippen molar-refractivity contribution in [3.63, 3.8) is 0 Å². The van der Waals surface area contributed by atoms with E-state index in [1.165, 1.54) is 0 Å². The molecule has 1 aliphatic rings. The molecule has 4 heteroatoms. The molecule has 1 saturated carbocycles. The number of nitrogens with zero attached hydrogens (tertiary/aromatic N) is 2. The van der Waals surface area contributed by atoms with Gasteiger partial charge in [-0.05, 0) is 86.4 Å². The molecule has 1 aliphatic carbocycles. The van der Waals surface area contributed by atoms with E-state index in [0.29, 0.717) is 11.1 Å². The summed E-state index contributed by atoms with van der Waals surface area (Å²) < 4.78 is 0. The summed E-state index contributed by atoms with van der Waals surface area (Å²) in [6.07, 6.45) is 7.62. The zero-order chi connectivity index (χ0) is 48.9. The second-order valence-electron chi connectivity index (χ2n) is 21.1. The van der Waals surface area contributed by atoms with Gasteiger partial charge in [-0.1, -0.05) is 242 Å². The minimum Gasteiger partial charge on any atom is -0.507 e. The predicted molar refractivity (Wildman–Crippen MR) is 291 cm³/mol. The molecule has 0 aliphatic heterocycles. The van der Waals surface area contributed by atoms with Crippen LogP contribution in [0.2, 0.25) is 0 Å². The summed E-state index contributed by atoms with van der Waals surface area (Å²) in [7, 11) is 0. The van der Waals surface area contributed by atoms with Crippen molar-refractivity contribution in [2.24, 2.45) is 9.98 Å². The summed E-state index contributed by atoms with van der Waals surface area (Å²) in [6.45, 7) is 13.0. The van der Waals surface area contributed by atoms with E-state index < -0.39 is 16.2 Å². The normalized spacial score (nSPS) is 15.9. The zero-order valence-corrected chi connectivity index (χ0v) is 41.6. The van der Waals surface area contributed by atoms with Crippen LogP contribution in [-0.4, -0.2) is 34.7 Å². The van der Waals surface area contributed by atoms with Crippen LogP contribution in [0.4, 0.5) is 0 Å². The number of aromatic hydroxyl groups is 2. The Balaban J connectivity index is 1.14. The first-order valence-corrected chi connectivity index (χ1v) is 25.0. The minimum absolute atomic E-state index is 0.108. The van der Waals surface area contributed by atoms with Gasteiger partial charge < -0.3 is 10.2 Å². The highest BCUT2D eigenvalue weighted by Crippen LogP contribution is 2.52. The Morgan fingerprint density at radius 1 is 0.371 bits per heavy atom. The first-order valence-electron chi connectivity index (χ1n) is 25.0. The van der Waals surface area contributed by atoms with Gasteiger partial charge in [0.15, 0.2) is 0 Å². The third-order valence-corrected chi connectivity index (χ3v) is 14.5. The molecule has 0 bridgehead atoms. The van der Waals surface area contributed by atoms with E-state index in [2.05, 4.69) is 242 Å². The molecule has 2 atom stereocenters. The number of benzene rings is 8. The summed E-state index contributed by atoms with van der Waals surface area (Å²) in [6, 6.07) is 72.6. The van der Waals surface area contributed by atoms with Crippen LogP contribution in [0.25, 0.3) is 0 Å². The van der Waals surface area contributed by atoms with Crippen molar-refractivity contribution in [2.45, 2.75) is 101 Å². The Morgan fingerprint density at radius 2 is 0.729 bits per heavy atom. The van der Waals surface area contributed by atoms with Crippen molar-refractivity contribution < 1.29 is 10.2 Å². The molecule has 2 N–H and O–H groups in total. The molecule has 0 heterocycles. The number of aliphatic imine (C=N–C) groups is 2. The van der Waals surface area contributed by atoms with Gasteiger partial charge in [-0.15, -0.1) is 0 Å². The third kappa shape index (κ3) is 9.04. The molecule has 9 rings (SSSR count). The molecule has 4 nitrogen and oxygen atoms in total. The maximum Gasteiger partial charge on any atom is 0.128 e. The molecule has 8 aromatic rings. The number of rotatable bonds is 12. The summed E-state index contributed by atoms with van der Waals surface area (Å²) in [5.41, 5.74) is 9.77. The van der Waals surface area contributed by atoms with Crippen LogP contribution in [0.15, 0.2) is 216 Å². The van der Waals surface area contributed by atoms with Crippen molar-refractivity contribution in [2.75, 3.05) is 0 Å². The average Bonchev–Trinajstić information content (AvgIpc) is 3.38. The summed E-state index contributed by atoms with van der Waals surface area (Å²) in [5, 5.41) is 24.9. The van der Waals surface area contributed by atoms with Crippen LogP contribution in [-0.2, 0) is 21.7 Å². The SMILES string of the molecule is CC(C)(C)c1cc(C(c2ccccc2)(c2ccccc2)c2ccccc2)cc(C=NC2CCCCC2N=Cc2ccc(C(c3ccccc3)(c3ccccc3)c3ccccc3)c(C(C)(C)C)c2O)c1O. The molecule has 0 saturated heterocycles. The smallest absolute Gasteiger partial charge is 0.128 e. The van der Waals surface area contributed by atoms with Crippen molar-refractivity contribution >= 4 is 12.4 Å². The number of hydrogen-bond donors (Lipinski definition) is 2. The van der Waals surface area contributed by atoms with Gasteiger partial charge >= 0.3 is 0 Å². The van der Waals surface area contributed by atoms with E-state index in [-0.39, 0.29) is 29.0 Å². The Morgan fingerprint density at radius 3 is 1.09 bits per heavy atom. The van der Waals surface area contributed by atoms with Gasteiger partial charge in [0.2, 0.25) is 0 Å². The fourth-order valence-electron chi connectivity index (χ4n) is 11.2. The number of hydrogen-bond acceptors (Lipinski definition) is 4. The highest BCUT2D eigenvalue weighted by atomic mass is 16.3. The van der Waals surface area contributed by atoms with Gasteiger partial charge in [-0.25, -0.2) is 0 Å². The summed E-state index contributed by atoms with van der Waals surface area (Å²) >= 11 is 0. The van der Waals surface area contributed by atoms with Gasteiger partial charge in [0.25, 0.3) is 0 Å². The Hall–Kier alpha value is -7.30. The van der Waals surface area contributed by atoms with Gasteiger partial charge in [-0.2, -0.15) is 0 Å². The maximum atomic E-state index is 12.7. The lowest BCUT2D eigenvalue weighted by molar-refractivity contribution is 0.389. The fourth-order valence-corrected chi connectivity index (χ4v) is 11.2. The second-order valence-corrected chi connectivity index (χ2v) is 21.1. The summed E-state index contributed by atoms with van der Waals surface area (Å²) in [5.74, 6) is 0.489. The molecule has 1 fully saturated rings. The first-order chi connectivity index (χ1) is 33.8. The van der Waals surface area contributed by atoms with Crippen molar-refractivity contribution in [3.8, 4) is 11.5 Å². The third-order valence-electron chi connectivity index (χ3n) is 14.5. The molecule has 0 spiro atoms. The average molecular weight is 919 g/mol. The van der Waals surface area contributed by atoms with Crippen molar-refractivity contribution in [1.82, 2.24) is 0 Å². The summed E-state index contributed by atoms with van der Waals surface area (Å²) in [4.78, 5) is 10.6. The van der Waals surface area contributed by atoms with E-state index in [4.69, 9.17) is 9.98 Å². The molecular weight excluding hydrogens is 853 g/mol. The highest BCUT2D eigenvalue weighted by Gasteiger charge is 2.43. The van der Waals surface area contributed by atoms with E-state index >= 15 is 0 Å². The monoisotopic (exact) mass is 919 g/mol. The standard InChI is InChI=1S/C66H66N2O2/c1-63(2,3)57-44-55(65(49-27-13-7-14-28-49,50-29-15-8-16-30-50)51-31-17-9-18-32-51)43-48(61(57)69)46-68-59-40-26-25-39-58(59)67-45-47-41-42-56(60(62(47)70)64(4,5)6)66(52-33-19-10-20-34-52,53-35-21-11-22-36-53)54-37-23-12-24-38-54/h7-24,27-38,41-46,58-59,69-70H,25-26,39-40H2,1-6H3. The highest BCUT2D eigenvalue weighted by molar-refractivity contribution is 5.87. The van der Waals surface area contributed by atoms with Crippen LogP contribution < -0.4 is 0 Å². The zero-order valence-electron chi connectivity index (χ0n) is 41.6. The first kappa shape index (κ1) is 47.8.